The molecule has 140 valence electrons. The fourth-order valence-corrected chi connectivity index (χ4v) is 3.87. The number of amides is 1. The molecule has 0 unspecified atom stereocenters. The summed E-state index contributed by atoms with van der Waals surface area (Å²) in [4.78, 5) is 25.5. The molecule has 1 N–H and O–H groups in total. The highest BCUT2D eigenvalue weighted by Crippen LogP contribution is 2.30. The molecule has 5 rings (SSSR count). The minimum absolute atomic E-state index is 0.253. The molecule has 0 fully saturated rings. The van der Waals surface area contributed by atoms with Crippen LogP contribution in [-0.4, -0.2) is 21.0 Å². The van der Waals surface area contributed by atoms with Gasteiger partial charge in [0, 0.05) is 22.8 Å². The molecular weight excluding hydrogens is 384 g/mol. The second-order valence-corrected chi connectivity index (χ2v) is 7.40. The number of rotatable bonds is 3. The number of thioether (sulfide) groups is 1. The first-order chi connectivity index (χ1) is 14.2. The number of carbonyl (C=O) groups is 1. The van der Waals surface area contributed by atoms with E-state index in [1.807, 2.05) is 60.7 Å². The lowest BCUT2D eigenvalue weighted by molar-refractivity contribution is -0.113. The number of nitrogens with zero attached hydrogens (tertiary/aromatic N) is 3. The van der Waals surface area contributed by atoms with Gasteiger partial charge in [0.15, 0.2) is 11.6 Å². The third-order valence-electron chi connectivity index (χ3n) is 4.39. The third kappa shape index (κ3) is 3.68. The highest BCUT2D eigenvalue weighted by atomic mass is 32.2. The normalized spacial score (nSPS) is 15.1. The van der Waals surface area contributed by atoms with Crippen molar-refractivity contribution in [3.63, 3.8) is 0 Å². The smallest absolute Gasteiger partial charge is 0.286 e. The first kappa shape index (κ1) is 17.4. The number of amidine groups is 1. The van der Waals surface area contributed by atoms with Crippen molar-refractivity contribution >= 4 is 45.5 Å². The fraction of sp³-hybridized carbons (Fsp3) is 0. The number of carbonyl (C=O) groups excluding carboxylic acids is 1. The number of hydrogen-bond acceptors (Lipinski definition) is 6. The predicted molar refractivity (Wildman–Crippen MR) is 115 cm³/mol. The van der Waals surface area contributed by atoms with E-state index in [0.29, 0.717) is 10.1 Å². The van der Waals surface area contributed by atoms with E-state index in [1.165, 1.54) is 18.2 Å². The molecule has 4 aromatic rings. The minimum atomic E-state index is -0.253. The summed E-state index contributed by atoms with van der Waals surface area (Å²) in [5.41, 5.74) is 4.34. The van der Waals surface area contributed by atoms with Gasteiger partial charge in [0.2, 0.25) is 0 Å². The summed E-state index contributed by atoms with van der Waals surface area (Å²) in [6, 6.07) is 17.5. The van der Waals surface area contributed by atoms with E-state index in [4.69, 9.17) is 4.42 Å². The molecule has 0 spiro atoms. The molecule has 0 saturated heterocycles. The molecule has 1 aliphatic rings. The first-order valence-electron chi connectivity index (χ1n) is 8.88. The van der Waals surface area contributed by atoms with Gasteiger partial charge in [-0.3, -0.25) is 9.78 Å². The average molecular weight is 398 g/mol. The van der Waals surface area contributed by atoms with Crippen LogP contribution in [0.15, 0.2) is 87.8 Å². The Kier molecular flexibility index (Phi) is 4.42. The fourth-order valence-electron chi connectivity index (χ4n) is 3.03. The number of pyridine rings is 1. The molecule has 29 heavy (non-hydrogen) atoms. The summed E-state index contributed by atoms with van der Waals surface area (Å²) in [5.74, 6) is -0.253. The number of aromatic nitrogens is 2. The van der Waals surface area contributed by atoms with Gasteiger partial charge in [-0.1, -0.05) is 24.3 Å². The standard InChI is InChI=1S/C22H14N4O2S/c27-21-20(10-14-6-7-18-15(9-14)4-2-8-23-18)29-22(26-21)25-17-5-1-3-16(11-17)19-12-28-13-24-19/h1-13H,(H,25,26,27)/b20-10-. The number of oxazole rings is 1. The number of aliphatic imine (C=N–C) groups is 1. The zero-order chi connectivity index (χ0) is 19.6. The van der Waals surface area contributed by atoms with Crippen LogP contribution in [-0.2, 0) is 4.79 Å². The molecule has 0 radical (unpaired) electrons. The SMILES string of the molecule is O=C1N=C(Nc2cccc(-c3cocn3)c2)S/C1=C\c1ccc2ncccc2c1. The molecule has 7 heteroatoms. The second kappa shape index (κ2) is 7.37. The van der Waals surface area contributed by atoms with Crippen LogP contribution in [0, 0.1) is 0 Å². The van der Waals surface area contributed by atoms with Crippen LogP contribution in [0.3, 0.4) is 0 Å². The van der Waals surface area contributed by atoms with Crippen LogP contribution in [0.5, 0.6) is 0 Å². The second-order valence-electron chi connectivity index (χ2n) is 6.37. The number of fused-ring (bicyclic) bond motifs is 1. The molecule has 1 amide bonds. The lowest BCUT2D eigenvalue weighted by Gasteiger charge is -2.06. The minimum Gasteiger partial charge on any atom is -0.451 e. The third-order valence-corrected chi connectivity index (χ3v) is 5.29. The average Bonchev–Trinajstić information content (AvgIpc) is 3.39. The summed E-state index contributed by atoms with van der Waals surface area (Å²) in [7, 11) is 0. The van der Waals surface area contributed by atoms with Crippen molar-refractivity contribution in [2.75, 3.05) is 5.32 Å². The molecule has 2 aromatic heterocycles. The van der Waals surface area contributed by atoms with Gasteiger partial charge >= 0.3 is 0 Å². The lowest BCUT2D eigenvalue weighted by Crippen LogP contribution is -2.04. The summed E-state index contributed by atoms with van der Waals surface area (Å²) in [5, 5.41) is 4.77. The van der Waals surface area contributed by atoms with Crippen molar-refractivity contribution in [1.29, 1.82) is 0 Å². The van der Waals surface area contributed by atoms with Crippen molar-refractivity contribution in [1.82, 2.24) is 9.97 Å². The predicted octanol–water partition coefficient (Wildman–Crippen LogP) is 4.97. The van der Waals surface area contributed by atoms with Gasteiger partial charge in [-0.2, -0.15) is 4.99 Å². The zero-order valence-corrected chi connectivity index (χ0v) is 15.9. The van der Waals surface area contributed by atoms with Gasteiger partial charge in [-0.15, -0.1) is 0 Å². The van der Waals surface area contributed by atoms with Gasteiger partial charge in [0.05, 0.1) is 10.4 Å². The van der Waals surface area contributed by atoms with Crippen molar-refractivity contribution in [2.45, 2.75) is 0 Å². The van der Waals surface area contributed by atoms with Crippen molar-refractivity contribution in [3.8, 4) is 11.3 Å². The van der Waals surface area contributed by atoms with E-state index in [-0.39, 0.29) is 5.91 Å². The Hall–Kier alpha value is -3.71. The molecule has 1 aliphatic heterocycles. The summed E-state index contributed by atoms with van der Waals surface area (Å²) in [6.07, 6.45) is 6.60. The number of anilines is 1. The highest BCUT2D eigenvalue weighted by molar-refractivity contribution is 8.18. The van der Waals surface area contributed by atoms with Crippen LogP contribution in [0.25, 0.3) is 28.2 Å². The van der Waals surface area contributed by atoms with Gasteiger partial charge < -0.3 is 9.73 Å². The molecule has 0 saturated carbocycles. The van der Waals surface area contributed by atoms with Crippen LogP contribution >= 0.6 is 11.8 Å². The van der Waals surface area contributed by atoms with Gasteiger partial charge in [-0.05, 0) is 53.7 Å². The quantitative estimate of drug-likeness (QED) is 0.491. The lowest BCUT2D eigenvalue weighted by atomic mass is 10.1. The first-order valence-corrected chi connectivity index (χ1v) is 9.69. The molecule has 3 heterocycles. The summed E-state index contributed by atoms with van der Waals surface area (Å²) in [6.45, 7) is 0. The van der Waals surface area contributed by atoms with Gasteiger partial charge in [0.25, 0.3) is 5.91 Å². The number of benzene rings is 2. The molecule has 6 nitrogen and oxygen atoms in total. The van der Waals surface area contributed by atoms with Gasteiger partial charge in [0.1, 0.15) is 12.0 Å². The zero-order valence-electron chi connectivity index (χ0n) is 15.1. The largest absolute Gasteiger partial charge is 0.451 e. The maximum absolute atomic E-state index is 12.3. The Balaban J connectivity index is 1.35. The molecule has 2 aromatic carbocycles. The maximum Gasteiger partial charge on any atom is 0.286 e. The van der Waals surface area contributed by atoms with E-state index in [9.17, 15) is 4.79 Å². The Morgan fingerprint density at radius 2 is 2.00 bits per heavy atom. The maximum atomic E-state index is 12.3. The Morgan fingerprint density at radius 1 is 1.03 bits per heavy atom. The Labute approximate surface area is 170 Å². The number of hydrogen-bond donors (Lipinski definition) is 1. The topological polar surface area (TPSA) is 80.4 Å². The molecule has 0 bridgehead atoms. The van der Waals surface area contributed by atoms with E-state index in [2.05, 4.69) is 20.3 Å². The van der Waals surface area contributed by atoms with Crippen LogP contribution < -0.4 is 5.32 Å². The van der Waals surface area contributed by atoms with E-state index < -0.39 is 0 Å². The van der Waals surface area contributed by atoms with Crippen molar-refractivity contribution in [2.24, 2.45) is 4.99 Å². The van der Waals surface area contributed by atoms with E-state index >= 15 is 0 Å². The van der Waals surface area contributed by atoms with E-state index in [1.54, 1.807) is 12.5 Å². The number of nitrogens with one attached hydrogen (secondary N) is 1. The summed E-state index contributed by atoms with van der Waals surface area (Å²) < 4.78 is 5.04. The van der Waals surface area contributed by atoms with E-state index in [0.717, 1.165) is 33.4 Å². The highest BCUT2D eigenvalue weighted by Gasteiger charge is 2.22. The van der Waals surface area contributed by atoms with Crippen LogP contribution in [0.1, 0.15) is 5.56 Å². The summed E-state index contributed by atoms with van der Waals surface area (Å²) >= 11 is 1.32. The van der Waals surface area contributed by atoms with Crippen molar-refractivity contribution in [3.05, 3.63) is 83.9 Å². The van der Waals surface area contributed by atoms with Crippen LogP contribution in [0.4, 0.5) is 5.69 Å². The molecule has 0 aliphatic carbocycles. The van der Waals surface area contributed by atoms with Crippen LogP contribution in [0.2, 0.25) is 0 Å². The Morgan fingerprint density at radius 3 is 2.90 bits per heavy atom. The monoisotopic (exact) mass is 398 g/mol. The molecular formula is C22H14N4O2S. The van der Waals surface area contributed by atoms with Crippen molar-refractivity contribution < 1.29 is 9.21 Å². The molecule has 0 atom stereocenters. The Bertz CT molecular complexity index is 1280. The van der Waals surface area contributed by atoms with Gasteiger partial charge in [-0.25, -0.2) is 4.98 Å².